The van der Waals surface area contributed by atoms with Crippen LogP contribution >= 0.6 is 0 Å². The molecule has 0 aromatic heterocycles. The molecule has 6 heteroatoms. The summed E-state index contributed by atoms with van der Waals surface area (Å²) in [4.78, 5) is 46.9. The van der Waals surface area contributed by atoms with Crippen molar-refractivity contribution in [3.63, 3.8) is 0 Å². The minimum atomic E-state index is -0.168. The fourth-order valence-electron chi connectivity index (χ4n) is 3.10. The Balaban J connectivity index is 1.57. The van der Waals surface area contributed by atoms with Crippen LogP contribution in [0.4, 0.5) is 11.4 Å². The summed E-state index contributed by atoms with van der Waals surface area (Å²) in [6.45, 7) is 2.85. The van der Waals surface area contributed by atoms with Crippen LogP contribution < -0.4 is 10.6 Å². The van der Waals surface area contributed by atoms with Crippen molar-refractivity contribution in [1.29, 1.82) is 0 Å². The average molecular weight is 453 g/mol. The molecule has 0 heterocycles. The van der Waals surface area contributed by atoms with E-state index in [1.54, 1.807) is 60.7 Å². The highest BCUT2D eigenvalue weighted by molar-refractivity contribution is 6.08. The van der Waals surface area contributed by atoms with Gasteiger partial charge in [0, 0.05) is 36.3 Å². The number of anilines is 2. The summed E-state index contributed by atoms with van der Waals surface area (Å²) in [6, 6.07) is 20.8. The minimum Gasteiger partial charge on any atom is -0.326 e. The highest BCUT2D eigenvalue weighted by atomic mass is 16.2. The van der Waals surface area contributed by atoms with Gasteiger partial charge in [0.25, 0.3) is 0 Å². The molecule has 0 aliphatic rings. The van der Waals surface area contributed by atoms with Gasteiger partial charge >= 0.3 is 0 Å². The van der Waals surface area contributed by atoms with E-state index in [4.69, 9.17) is 0 Å². The summed E-state index contributed by atoms with van der Waals surface area (Å²) in [5.41, 5.74) is 4.01. The van der Waals surface area contributed by atoms with Crippen molar-refractivity contribution < 1.29 is 19.2 Å². The molecule has 0 unspecified atom stereocenters. The number of carbonyl (C=O) groups is 4. The lowest BCUT2D eigenvalue weighted by Crippen LogP contribution is -2.05. The molecule has 0 fully saturated rings. The highest BCUT2D eigenvalue weighted by Crippen LogP contribution is 2.14. The van der Waals surface area contributed by atoms with Crippen molar-refractivity contribution in [2.45, 2.75) is 13.8 Å². The number of carbonyl (C=O) groups excluding carboxylic acids is 4. The van der Waals surface area contributed by atoms with Crippen molar-refractivity contribution in [3.05, 3.63) is 107 Å². The number of hydrogen-bond acceptors (Lipinski definition) is 4. The summed E-state index contributed by atoms with van der Waals surface area (Å²) in [7, 11) is 0. The zero-order valence-electron chi connectivity index (χ0n) is 18.9. The van der Waals surface area contributed by atoms with E-state index in [2.05, 4.69) is 10.6 Å². The Morgan fingerprint density at radius 3 is 1.15 bits per heavy atom. The molecular formula is C28H24N2O4. The number of hydrogen-bond donors (Lipinski definition) is 2. The second kappa shape index (κ2) is 11.3. The number of allylic oxidation sites excluding steroid dienone is 2. The molecule has 0 aliphatic carbocycles. The van der Waals surface area contributed by atoms with Gasteiger partial charge in [0.05, 0.1) is 0 Å². The number of rotatable bonds is 8. The fraction of sp³-hybridized carbons (Fsp3) is 0.0714. The molecular weight excluding hydrogens is 428 g/mol. The van der Waals surface area contributed by atoms with E-state index >= 15 is 0 Å². The predicted octanol–water partition coefficient (Wildman–Crippen LogP) is 5.40. The molecule has 0 radical (unpaired) electrons. The number of amides is 2. The first-order valence-corrected chi connectivity index (χ1v) is 10.6. The van der Waals surface area contributed by atoms with Crippen molar-refractivity contribution in [2.75, 3.05) is 10.6 Å². The van der Waals surface area contributed by atoms with Crippen LogP contribution in [-0.4, -0.2) is 23.4 Å². The fourth-order valence-corrected chi connectivity index (χ4v) is 3.10. The van der Waals surface area contributed by atoms with Gasteiger partial charge in [-0.15, -0.1) is 0 Å². The molecule has 3 aromatic rings. The summed E-state index contributed by atoms with van der Waals surface area (Å²) in [6.07, 6.45) is 6.43. The Kier molecular flexibility index (Phi) is 8.02. The van der Waals surface area contributed by atoms with Gasteiger partial charge in [-0.25, -0.2) is 0 Å². The molecule has 0 saturated carbocycles. The third kappa shape index (κ3) is 7.24. The molecule has 2 N–H and O–H groups in total. The first-order valence-electron chi connectivity index (χ1n) is 10.6. The highest BCUT2D eigenvalue weighted by Gasteiger charge is 2.04. The Morgan fingerprint density at radius 1 is 0.529 bits per heavy atom. The van der Waals surface area contributed by atoms with Crippen molar-refractivity contribution in [1.82, 2.24) is 0 Å². The maximum absolute atomic E-state index is 12.4. The van der Waals surface area contributed by atoms with Gasteiger partial charge in [-0.1, -0.05) is 36.4 Å². The van der Waals surface area contributed by atoms with Gasteiger partial charge in [-0.05, 0) is 71.8 Å². The molecule has 34 heavy (non-hydrogen) atoms. The third-order valence-corrected chi connectivity index (χ3v) is 4.77. The second-order valence-corrected chi connectivity index (χ2v) is 7.58. The van der Waals surface area contributed by atoms with E-state index in [0.717, 1.165) is 11.1 Å². The molecule has 0 saturated heterocycles. The standard InChI is InChI=1S/C28H24N2O4/c1-19(31)29-25-13-9-23(10-14-25)27(33)17-7-21-3-5-22(6-4-21)8-18-28(34)24-11-15-26(16-12-24)30-20(2)32/h3-18H,1-2H3,(H,29,31)(H,30,32)/b17-7+,18-8+. The first-order chi connectivity index (χ1) is 16.3. The quantitative estimate of drug-likeness (QED) is 0.354. The van der Waals surface area contributed by atoms with Crippen LogP contribution in [0.1, 0.15) is 45.7 Å². The zero-order chi connectivity index (χ0) is 24.5. The van der Waals surface area contributed by atoms with Crippen molar-refractivity contribution in [2.24, 2.45) is 0 Å². The third-order valence-electron chi connectivity index (χ3n) is 4.77. The van der Waals surface area contributed by atoms with E-state index in [-0.39, 0.29) is 23.4 Å². The van der Waals surface area contributed by atoms with Crippen LogP contribution in [0, 0.1) is 0 Å². The summed E-state index contributed by atoms with van der Waals surface area (Å²) in [5, 5.41) is 5.32. The van der Waals surface area contributed by atoms with Gasteiger partial charge in [0.15, 0.2) is 11.6 Å². The van der Waals surface area contributed by atoms with Gasteiger partial charge in [-0.3, -0.25) is 19.2 Å². The van der Waals surface area contributed by atoms with E-state index in [1.165, 1.54) is 26.0 Å². The first kappa shape index (κ1) is 24.1. The molecule has 3 aromatic carbocycles. The lowest BCUT2D eigenvalue weighted by Gasteiger charge is -2.02. The second-order valence-electron chi connectivity index (χ2n) is 7.58. The van der Waals surface area contributed by atoms with E-state index in [9.17, 15) is 19.2 Å². The van der Waals surface area contributed by atoms with Crippen LogP contribution in [0.5, 0.6) is 0 Å². The summed E-state index contributed by atoms with van der Waals surface area (Å²) < 4.78 is 0. The molecule has 0 atom stereocenters. The van der Waals surface area contributed by atoms with Crippen molar-refractivity contribution in [3.8, 4) is 0 Å². The number of nitrogens with one attached hydrogen (secondary N) is 2. The Bertz CT molecular complexity index is 1150. The molecule has 6 nitrogen and oxygen atoms in total. The van der Waals surface area contributed by atoms with E-state index in [1.807, 2.05) is 24.3 Å². The normalized spacial score (nSPS) is 10.9. The maximum Gasteiger partial charge on any atom is 0.221 e. The molecule has 0 spiro atoms. The van der Waals surface area contributed by atoms with Crippen LogP contribution in [-0.2, 0) is 9.59 Å². The van der Waals surface area contributed by atoms with Gasteiger partial charge in [0.2, 0.25) is 11.8 Å². The Morgan fingerprint density at radius 2 is 0.853 bits per heavy atom. The van der Waals surface area contributed by atoms with Gasteiger partial charge < -0.3 is 10.6 Å². The number of benzene rings is 3. The van der Waals surface area contributed by atoms with Gasteiger partial charge in [0.1, 0.15) is 0 Å². The summed E-state index contributed by atoms with van der Waals surface area (Å²) in [5.74, 6) is -0.625. The smallest absolute Gasteiger partial charge is 0.221 e. The number of ketones is 2. The molecule has 0 aliphatic heterocycles. The zero-order valence-corrected chi connectivity index (χ0v) is 18.9. The van der Waals surface area contributed by atoms with E-state index < -0.39 is 0 Å². The topological polar surface area (TPSA) is 92.3 Å². The Hall–Kier alpha value is -4.58. The van der Waals surface area contributed by atoms with Crippen LogP contribution in [0.2, 0.25) is 0 Å². The van der Waals surface area contributed by atoms with Gasteiger partial charge in [-0.2, -0.15) is 0 Å². The maximum atomic E-state index is 12.4. The lowest BCUT2D eigenvalue weighted by molar-refractivity contribution is -0.115. The monoisotopic (exact) mass is 452 g/mol. The molecule has 0 bridgehead atoms. The Labute approximate surface area is 198 Å². The van der Waals surface area contributed by atoms with Crippen molar-refractivity contribution >= 4 is 46.9 Å². The molecule has 170 valence electrons. The molecule has 2 amide bonds. The summed E-state index contributed by atoms with van der Waals surface area (Å²) >= 11 is 0. The molecule has 3 rings (SSSR count). The van der Waals surface area contributed by atoms with E-state index in [0.29, 0.717) is 22.5 Å². The SMILES string of the molecule is CC(=O)Nc1ccc(C(=O)/C=C/c2ccc(/C=C/C(=O)c3ccc(NC(C)=O)cc3)cc2)cc1. The minimum absolute atomic E-state index is 0.145. The predicted molar refractivity (Wildman–Crippen MR) is 135 cm³/mol. The average Bonchev–Trinajstić information content (AvgIpc) is 2.82. The van der Waals surface area contributed by atoms with Crippen LogP contribution in [0.15, 0.2) is 84.9 Å². The van der Waals surface area contributed by atoms with Crippen LogP contribution in [0.3, 0.4) is 0 Å². The lowest BCUT2D eigenvalue weighted by atomic mass is 10.1. The largest absolute Gasteiger partial charge is 0.326 e. The van der Waals surface area contributed by atoms with Crippen LogP contribution in [0.25, 0.3) is 12.2 Å².